The van der Waals surface area contributed by atoms with Crippen molar-refractivity contribution in [2.75, 3.05) is 0 Å². The molecule has 0 bridgehead atoms. The fraction of sp³-hybridized carbons (Fsp3) is 0.0833. The summed E-state index contributed by atoms with van der Waals surface area (Å²) in [5.74, 6) is -0.974. The molecule has 0 unspecified atom stereocenters. The van der Waals surface area contributed by atoms with Crippen LogP contribution in [0, 0.1) is 0 Å². The second kappa shape index (κ2) is 4.46. The summed E-state index contributed by atoms with van der Waals surface area (Å²) in [4.78, 5) is 10.8. The van der Waals surface area contributed by atoms with Gasteiger partial charge >= 0.3 is 5.97 Å². The van der Waals surface area contributed by atoms with Crippen LogP contribution in [-0.2, 0) is 0 Å². The molecule has 1 rings (SSSR count). The van der Waals surface area contributed by atoms with Gasteiger partial charge in [0.15, 0.2) is 0 Å². The van der Waals surface area contributed by atoms with Gasteiger partial charge in [0.1, 0.15) is 5.75 Å². The number of hydrogen-bond acceptors (Lipinski definition) is 2. The fourth-order valence-electron chi connectivity index (χ4n) is 1.11. The number of allylic oxidation sites excluding steroid dienone is 2. The average molecular weight is 204 g/mol. The zero-order valence-electron chi connectivity index (χ0n) is 8.40. The van der Waals surface area contributed by atoms with Crippen LogP contribution in [0.3, 0.4) is 0 Å². The molecule has 3 heteroatoms. The highest BCUT2D eigenvalue weighted by Crippen LogP contribution is 2.18. The normalized spacial score (nSPS) is 10.5. The molecule has 0 spiro atoms. The van der Waals surface area contributed by atoms with Crippen LogP contribution in [-0.4, -0.2) is 16.2 Å². The van der Waals surface area contributed by atoms with Crippen molar-refractivity contribution in [3.05, 3.63) is 47.6 Å². The van der Waals surface area contributed by atoms with Gasteiger partial charge in [0.05, 0.1) is 5.56 Å². The molecule has 1 aromatic carbocycles. The van der Waals surface area contributed by atoms with Gasteiger partial charge in [0.25, 0.3) is 0 Å². The van der Waals surface area contributed by atoms with E-state index in [2.05, 4.69) is 6.58 Å². The number of benzene rings is 1. The van der Waals surface area contributed by atoms with Gasteiger partial charge < -0.3 is 10.2 Å². The van der Waals surface area contributed by atoms with E-state index < -0.39 is 5.97 Å². The van der Waals surface area contributed by atoms with Crippen LogP contribution in [0.15, 0.2) is 36.4 Å². The Morgan fingerprint density at radius 2 is 2.13 bits per heavy atom. The minimum absolute atomic E-state index is 0.0429. The summed E-state index contributed by atoms with van der Waals surface area (Å²) in [6, 6.07) is 4.13. The van der Waals surface area contributed by atoms with Crippen molar-refractivity contribution in [1.29, 1.82) is 0 Å². The minimum atomic E-state index is -1.02. The zero-order chi connectivity index (χ0) is 11.4. The van der Waals surface area contributed by atoms with Gasteiger partial charge in [-0.25, -0.2) is 4.79 Å². The Bertz CT molecular complexity index is 430. The topological polar surface area (TPSA) is 57.5 Å². The van der Waals surface area contributed by atoms with Crippen LogP contribution in [0.5, 0.6) is 5.75 Å². The third-order valence-corrected chi connectivity index (χ3v) is 1.81. The Kier molecular flexibility index (Phi) is 3.29. The monoisotopic (exact) mass is 204 g/mol. The molecule has 1 aromatic rings. The third-order valence-electron chi connectivity index (χ3n) is 1.81. The molecule has 0 fully saturated rings. The summed E-state index contributed by atoms with van der Waals surface area (Å²) in [6.45, 7) is 5.48. The molecular formula is C12H12O3. The molecule has 0 aliphatic carbocycles. The van der Waals surface area contributed by atoms with E-state index in [1.807, 2.05) is 0 Å². The maximum absolute atomic E-state index is 10.8. The lowest BCUT2D eigenvalue weighted by Gasteiger charge is -2.01. The quantitative estimate of drug-likeness (QED) is 0.744. The molecule has 2 N–H and O–H groups in total. The number of hydrogen-bond donors (Lipinski definition) is 2. The highest BCUT2D eigenvalue weighted by atomic mass is 16.4. The van der Waals surface area contributed by atoms with E-state index in [1.165, 1.54) is 18.2 Å². The molecule has 0 atom stereocenters. The van der Waals surface area contributed by atoms with Gasteiger partial charge in [-0.2, -0.15) is 0 Å². The van der Waals surface area contributed by atoms with Crippen molar-refractivity contribution in [1.82, 2.24) is 0 Å². The van der Waals surface area contributed by atoms with Crippen LogP contribution in [0.1, 0.15) is 22.8 Å². The number of aromatic hydroxyl groups is 1. The van der Waals surface area contributed by atoms with Gasteiger partial charge in [0, 0.05) is 0 Å². The lowest BCUT2D eigenvalue weighted by molar-refractivity contribution is 0.0696. The predicted molar refractivity (Wildman–Crippen MR) is 58.9 cm³/mol. The molecule has 0 saturated carbocycles. The number of carboxylic acid groups (broad SMARTS) is 1. The second-order valence-electron chi connectivity index (χ2n) is 3.26. The predicted octanol–water partition coefficient (Wildman–Crippen LogP) is 2.68. The Labute approximate surface area is 88.0 Å². The molecule has 15 heavy (non-hydrogen) atoms. The largest absolute Gasteiger partial charge is 0.508 e. The SMILES string of the molecule is C=C(C)C=Cc1cc(O)ccc1C(=O)O. The number of aromatic carboxylic acids is 1. The number of rotatable bonds is 3. The first-order valence-corrected chi connectivity index (χ1v) is 4.40. The summed E-state index contributed by atoms with van der Waals surface area (Å²) in [6.07, 6.45) is 3.31. The van der Waals surface area contributed by atoms with Gasteiger partial charge in [0.2, 0.25) is 0 Å². The Hall–Kier alpha value is -2.03. The Morgan fingerprint density at radius 1 is 1.47 bits per heavy atom. The molecule has 0 aliphatic heterocycles. The Balaban J connectivity index is 3.18. The van der Waals surface area contributed by atoms with Gasteiger partial charge in [-0.05, 0) is 30.7 Å². The highest BCUT2D eigenvalue weighted by Gasteiger charge is 2.07. The minimum Gasteiger partial charge on any atom is -0.508 e. The summed E-state index contributed by atoms with van der Waals surface area (Å²) in [5.41, 5.74) is 1.44. The molecule has 78 valence electrons. The van der Waals surface area contributed by atoms with Crippen molar-refractivity contribution in [3.63, 3.8) is 0 Å². The van der Waals surface area contributed by atoms with Gasteiger partial charge in [-0.1, -0.05) is 24.3 Å². The molecule has 0 saturated heterocycles. The van der Waals surface area contributed by atoms with E-state index in [9.17, 15) is 9.90 Å². The zero-order valence-corrected chi connectivity index (χ0v) is 8.40. The molecule has 0 aliphatic rings. The van der Waals surface area contributed by atoms with Crippen LogP contribution in [0.2, 0.25) is 0 Å². The van der Waals surface area contributed by atoms with Crippen molar-refractivity contribution in [2.24, 2.45) is 0 Å². The maximum atomic E-state index is 10.8. The molecule has 0 heterocycles. The number of phenols is 1. The van der Waals surface area contributed by atoms with Crippen LogP contribution < -0.4 is 0 Å². The highest BCUT2D eigenvalue weighted by molar-refractivity contribution is 5.92. The summed E-state index contributed by atoms with van der Waals surface area (Å²) < 4.78 is 0. The summed E-state index contributed by atoms with van der Waals surface area (Å²) in [5, 5.41) is 18.1. The maximum Gasteiger partial charge on any atom is 0.336 e. The second-order valence-corrected chi connectivity index (χ2v) is 3.26. The van der Waals surface area contributed by atoms with Crippen molar-refractivity contribution >= 4 is 12.0 Å². The molecule has 3 nitrogen and oxygen atoms in total. The van der Waals surface area contributed by atoms with Crippen LogP contribution >= 0.6 is 0 Å². The van der Waals surface area contributed by atoms with E-state index in [0.717, 1.165) is 5.57 Å². The average Bonchev–Trinajstić information content (AvgIpc) is 2.14. The molecule has 0 radical (unpaired) electrons. The first-order valence-electron chi connectivity index (χ1n) is 4.40. The van der Waals surface area contributed by atoms with Crippen molar-refractivity contribution < 1.29 is 15.0 Å². The van der Waals surface area contributed by atoms with Gasteiger partial charge in [-0.15, -0.1) is 0 Å². The third kappa shape index (κ3) is 2.98. The van der Waals surface area contributed by atoms with Gasteiger partial charge in [-0.3, -0.25) is 0 Å². The van der Waals surface area contributed by atoms with Crippen LogP contribution in [0.4, 0.5) is 0 Å². The van der Waals surface area contributed by atoms with Crippen molar-refractivity contribution in [3.8, 4) is 5.75 Å². The number of phenolic OH excluding ortho intramolecular Hbond substituents is 1. The first-order chi connectivity index (χ1) is 7.00. The van der Waals surface area contributed by atoms with Crippen molar-refractivity contribution in [2.45, 2.75) is 6.92 Å². The number of carboxylic acids is 1. The smallest absolute Gasteiger partial charge is 0.336 e. The van der Waals surface area contributed by atoms with Crippen LogP contribution in [0.25, 0.3) is 6.08 Å². The lowest BCUT2D eigenvalue weighted by Crippen LogP contribution is -1.98. The van der Waals surface area contributed by atoms with E-state index in [4.69, 9.17) is 5.11 Å². The van der Waals surface area contributed by atoms with E-state index in [-0.39, 0.29) is 11.3 Å². The molecule has 0 aromatic heterocycles. The Morgan fingerprint density at radius 3 is 2.67 bits per heavy atom. The standard InChI is InChI=1S/C12H12O3/c1-8(2)3-4-9-7-10(13)5-6-11(9)12(14)15/h3-7,13H,1H2,2H3,(H,14,15). The summed E-state index contributed by atoms with van der Waals surface area (Å²) in [7, 11) is 0. The fourth-order valence-corrected chi connectivity index (χ4v) is 1.11. The summed E-state index contributed by atoms with van der Waals surface area (Å²) >= 11 is 0. The van der Waals surface area contributed by atoms with E-state index in [1.54, 1.807) is 19.1 Å². The number of carbonyl (C=O) groups is 1. The van der Waals surface area contributed by atoms with E-state index in [0.29, 0.717) is 5.56 Å². The lowest BCUT2D eigenvalue weighted by atomic mass is 10.1. The molecular weight excluding hydrogens is 192 g/mol. The first kappa shape index (κ1) is 11.0. The molecule has 0 amide bonds. The van der Waals surface area contributed by atoms with E-state index >= 15 is 0 Å².